The van der Waals surface area contributed by atoms with Gasteiger partial charge in [-0.1, -0.05) is 102 Å². The minimum Gasteiger partial charge on any atom is -0.744 e. The molecule has 188 valence electrons. The van der Waals surface area contributed by atoms with Gasteiger partial charge >= 0.3 is 0 Å². The highest BCUT2D eigenvalue weighted by atomic mass is 32.2. The SMILES string of the molecule is CCCCCCCCCCCCCCCC[N+](C)(C)CO.Cc1ccc(S(=O)(=O)[O-])cc1. The van der Waals surface area contributed by atoms with Crippen molar-refractivity contribution in [1.82, 2.24) is 0 Å². The van der Waals surface area contributed by atoms with E-state index < -0.39 is 10.1 Å². The molecule has 0 radical (unpaired) electrons. The van der Waals surface area contributed by atoms with Gasteiger partial charge in [0.05, 0.1) is 25.5 Å². The summed E-state index contributed by atoms with van der Waals surface area (Å²) < 4.78 is 31.9. The summed E-state index contributed by atoms with van der Waals surface area (Å²) in [4.78, 5) is -0.178. The van der Waals surface area contributed by atoms with Gasteiger partial charge in [-0.25, -0.2) is 8.42 Å². The van der Waals surface area contributed by atoms with Crippen molar-refractivity contribution in [2.75, 3.05) is 27.4 Å². The maximum Gasteiger partial charge on any atom is 0.179 e. The Morgan fingerprint density at radius 1 is 0.750 bits per heavy atom. The van der Waals surface area contributed by atoms with Gasteiger partial charge in [-0.15, -0.1) is 0 Å². The Bertz CT molecular complexity index is 657. The van der Waals surface area contributed by atoms with E-state index in [0.717, 1.165) is 16.6 Å². The first-order chi connectivity index (χ1) is 15.1. The number of unbranched alkanes of at least 4 members (excludes halogenated alkanes) is 13. The van der Waals surface area contributed by atoms with E-state index in [1.807, 2.05) is 6.92 Å². The summed E-state index contributed by atoms with van der Waals surface area (Å²) in [5, 5.41) is 9.17. The summed E-state index contributed by atoms with van der Waals surface area (Å²) in [6, 6.07) is 5.78. The molecule has 0 fully saturated rings. The highest BCUT2D eigenvalue weighted by Gasteiger charge is 2.11. The van der Waals surface area contributed by atoms with Crippen molar-refractivity contribution in [2.45, 2.75) is 109 Å². The number of nitrogens with zero attached hydrogens (tertiary/aromatic N) is 1. The van der Waals surface area contributed by atoms with Crippen molar-refractivity contribution in [3.63, 3.8) is 0 Å². The third-order valence-corrected chi connectivity index (χ3v) is 6.66. The molecule has 0 amide bonds. The van der Waals surface area contributed by atoms with E-state index in [9.17, 15) is 18.1 Å². The van der Waals surface area contributed by atoms with Crippen molar-refractivity contribution in [1.29, 1.82) is 0 Å². The smallest absolute Gasteiger partial charge is 0.179 e. The fourth-order valence-electron chi connectivity index (χ4n) is 3.51. The Kier molecular flexibility index (Phi) is 17.9. The Hall–Kier alpha value is -0.950. The Morgan fingerprint density at radius 3 is 1.47 bits per heavy atom. The largest absolute Gasteiger partial charge is 0.744 e. The van der Waals surface area contributed by atoms with Crippen LogP contribution in [0.5, 0.6) is 0 Å². The van der Waals surface area contributed by atoms with Crippen molar-refractivity contribution in [3.05, 3.63) is 29.8 Å². The maximum absolute atomic E-state index is 10.4. The highest BCUT2D eigenvalue weighted by molar-refractivity contribution is 7.85. The van der Waals surface area contributed by atoms with Gasteiger partial charge in [-0.2, -0.15) is 0 Å². The van der Waals surface area contributed by atoms with Crippen molar-refractivity contribution in [2.24, 2.45) is 0 Å². The second-order valence-corrected chi connectivity index (χ2v) is 11.0. The molecule has 0 unspecified atom stereocenters. The third kappa shape index (κ3) is 18.6. The number of hydrogen-bond donors (Lipinski definition) is 1. The second kappa shape index (κ2) is 18.5. The van der Waals surface area contributed by atoms with Crippen LogP contribution in [-0.2, 0) is 10.1 Å². The molecule has 0 heterocycles. The minimum absolute atomic E-state index is 0.178. The van der Waals surface area contributed by atoms with Crippen LogP contribution >= 0.6 is 0 Å². The second-order valence-electron chi connectivity index (χ2n) is 9.66. The van der Waals surface area contributed by atoms with Crippen LogP contribution in [0.3, 0.4) is 0 Å². The quantitative estimate of drug-likeness (QED) is 0.123. The monoisotopic (exact) mass is 471 g/mol. The topological polar surface area (TPSA) is 77.4 Å². The molecular weight excluding hydrogens is 422 g/mol. The molecule has 1 aromatic rings. The van der Waals surface area contributed by atoms with Gasteiger partial charge in [0, 0.05) is 0 Å². The standard InChI is InChI=1S/C19H42NO.C7H8O3S/c1-4-5-6-7-8-9-10-11-12-13-14-15-16-17-18-20(2,3)19-21;1-6-2-4-7(5-3-6)11(8,9)10/h21H,4-19H2,1-3H3;2-5H,1H3,(H,8,9,10)/q+1;/p-1. The highest BCUT2D eigenvalue weighted by Crippen LogP contribution is 2.13. The first kappa shape index (κ1) is 31.0. The molecule has 1 aromatic carbocycles. The fourth-order valence-corrected chi connectivity index (χ4v) is 3.98. The van der Waals surface area contributed by atoms with E-state index in [0.29, 0.717) is 0 Å². The number of benzene rings is 1. The Balaban J connectivity index is 0.000000726. The number of aryl methyl sites for hydroxylation is 1. The zero-order chi connectivity index (χ0) is 24.3. The first-order valence-corrected chi connectivity index (χ1v) is 14.0. The van der Waals surface area contributed by atoms with Gasteiger partial charge in [0.25, 0.3) is 0 Å². The van der Waals surface area contributed by atoms with E-state index >= 15 is 0 Å². The van der Waals surface area contributed by atoms with E-state index in [4.69, 9.17) is 0 Å². The van der Waals surface area contributed by atoms with Crippen molar-refractivity contribution in [3.8, 4) is 0 Å². The summed E-state index contributed by atoms with van der Waals surface area (Å²) in [6.45, 7) is 5.47. The molecular formula is C26H49NO4S. The first-order valence-electron chi connectivity index (χ1n) is 12.6. The van der Waals surface area contributed by atoms with Crippen molar-refractivity contribution >= 4 is 10.1 Å². The summed E-state index contributed by atoms with van der Waals surface area (Å²) in [6.07, 6.45) is 19.7. The van der Waals surface area contributed by atoms with Gasteiger partial charge < -0.3 is 14.1 Å². The van der Waals surface area contributed by atoms with E-state index in [1.54, 1.807) is 12.1 Å². The number of aliphatic hydroxyl groups excluding tert-OH is 1. The molecule has 0 atom stereocenters. The number of quaternary nitrogens is 1. The van der Waals surface area contributed by atoms with Gasteiger partial charge in [-0.05, 0) is 31.9 Å². The molecule has 1 rings (SSSR count). The summed E-state index contributed by atoms with van der Waals surface area (Å²) in [7, 11) is -0.0707. The lowest BCUT2D eigenvalue weighted by molar-refractivity contribution is -0.909. The van der Waals surface area contributed by atoms with Crippen LogP contribution in [0, 0.1) is 6.92 Å². The summed E-state index contributed by atoms with van der Waals surface area (Å²) in [5.41, 5.74) is 0.928. The number of rotatable bonds is 17. The molecule has 0 aliphatic rings. The molecule has 0 spiro atoms. The molecule has 0 bridgehead atoms. The molecule has 0 saturated carbocycles. The van der Waals surface area contributed by atoms with Crippen LogP contribution in [0.15, 0.2) is 29.2 Å². The molecule has 0 aliphatic heterocycles. The summed E-state index contributed by atoms with van der Waals surface area (Å²) >= 11 is 0. The number of aliphatic hydroxyl groups is 1. The van der Waals surface area contributed by atoms with Gasteiger partial charge in [0.1, 0.15) is 10.1 Å². The normalized spacial score (nSPS) is 11.8. The van der Waals surface area contributed by atoms with E-state index in [-0.39, 0.29) is 11.6 Å². The molecule has 1 N–H and O–H groups in total. The van der Waals surface area contributed by atoms with Gasteiger partial charge in [0.2, 0.25) is 0 Å². The summed E-state index contributed by atoms with van der Waals surface area (Å²) in [5.74, 6) is 0. The van der Waals surface area contributed by atoms with Crippen molar-refractivity contribution < 1.29 is 22.6 Å². The van der Waals surface area contributed by atoms with Crippen LogP contribution in [0.25, 0.3) is 0 Å². The van der Waals surface area contributed by atoms with Gasteiger partial charge in [0.15, 0.2) is 6.73 Å². The van der Waals surface area contributed by atoms with Crippen LogP contribution in [-0.4, -0.2) is 49.9 Å². The van der Waals surface area contributed by atoms with E-state index in [2.05, 4.69) is 21.0 Å². The Morgan fingerprint density at radius 2 is 1.12 bits per heavy atom. The van der Waals surface area contributed by atoms with Crippen LogP contribution in [0.2, 0.25) is 0 Å². The van der Waals surface area contributed by atoms with Crippen LogP contribution < -0.4 is 0 Å². The van der Waals surface area contributed by atoms with Crippen LogP contribution in [0.1, 0.15) is 102 Å². The maximum atomic E-state index is 10.4. The fraction of sp³-hybridized carbons (Fsp3) is 0.769. The lowest BCUT2D eigenvalue weighted by Gasteiger charge is -2.26. The lowest BCUT2D eigenvalue weighted by atomic mass is 10.0. The average Bonchev–Trinajstić information content (AvgIpc) is 2.74. The molecule has 0 aliphatic carbocycles. The van der Waals surface area contributed by atoms with E-state index in [1.165, 1.54) is 102 Å². The molecule has 6 heteroatoms. The predicted octanol–water partition coefficient (Wildman–Crippen LogP) is 6.39. The van der Waals surface area contributed by atoms with Gasteiger partial charge in [-0.3, -0.25) is 0 Å². The lowest BCUT2D eigenvalue weighted by Crippen LogP contribution is -2.41. The predicted molar refractivity (Wildman–Crippen MR) is 134 cm³/mol. The molecule has 5 nitrogen and oxygen atoms in total. The zero-order valence-electron chi connectivity index (χ0n) is 21.2. The molecule has 32 heavy (non-hydrogen) atoms. The zero-order valence-corrected chi connectivity index (χ0v) is 22.0. The molecule has 0 saturated heterocycles. The average molecular weight is 472 g/mol. The third-order valence-electron chi connectivity index (χ3n) is 5.81. The number of hydrogen-bond acceptors (Lipinski definition) is 4. The minimum atomic E-state index is -4.27. The van der Waals surface area contributed by atoms with Crippen LogP contribution in [0.4, 0.5) is 0 Å². The molecule has 0 aromatic heterocycles. The Labute approximate surface area is 198 Å².